The second-order valence-electron chi connectivity index (χ2n) is 5.17. The van der Waals surface area contributed by atoms with Gasteiger partial charge in [-0.25, -0.2) is 0 Å². The normalized spacial score (nSPS) is 17.7. The Morgan fingerprint density at radius 3 is 2.52 bits per heavy atom. The van der Waals surface area contributed by atoms with Crippen LogP contribution in [0.5, 0.6) is 5.75 Å². The van der Waals surface area contributed by atoms with E-state index < -0.39 is 18.6 Å². The van der Waals surface area contributed by atoms with Crippen molar-refractivity contribution in [3.63, 3.8) is 0 Å². The molecule has 1 N–H and O–H groups in total. The molecule has 0 amide bonds. The molecule has 1 atom stereocenters. The summed E-state index contributed by atoms with van der Waals surface area (Å²) in [6.07, 6.45) is -8.44. The summed E-state index contributed by atoms with van der Waals surface area (Å²) >= 11 is 0. The third kappa shape index (κ3) is 4.33. The second-order valence-corrected chi connectivity index (χ2v) is 5.17. The lowest BCUT2D eigenvalue weighted by atomic mass is 10.0. The minimum atomic E-state index is -4.57. The van der Waals surface area contributed by atoms with Crippen LogP contribution in [0.1, 0.15) is 18.0 Å². The molecule has 0 aliphatic carbocycles. The molecule has 0 spiro atoms. The second kappa shape index (κ2) is 7.62. The van der Waals surface area contributed by atoms with Crippen molar-refractivity contribution in [2.45, 2.75) is 25.0 Å². The van der Waals surface area contributed by atoms with Crippen molar-refractivity contribution in [1.82, 2.24) is 10.2 Å². The van der Waals surface area contributed by atoms with E-state index >= 15 is 0 Å². The molecule has 1 heterocycles. The lowest BCUT2D eigenvalue weighted by Gasteiger charge is -2.35. The molecule has 1 aliphatic heterocycles. The fourth-order valence-electron chi connectivity index (χ4n) is 2.56. The summed E-state index contributed by atoms with van der Waals surface area (Å²) in [6, 6.07) is 7.33. The predicted molar refractivity (Wildman–Crippen MR) is 75.4 cm³/mol. The highest BCUT2D eigenvalue weighted by Gasteiger charge is 2.44. The summed E-state index contributed by atoms with van der Waals surface area (Å²) in [5.41, 5.74) is 0.316. The predicted octanol–water partition coefficient (Wildman–Crippen LogP) is 2.78. The van der Waals surface area contributed by atoms with Crippen LogP contribution in [-0.2, 0) is 0 Å². The molecule has 1 aliphatic rings. The van der Waals surface area contributed by atoms with Gasteiger partial charge in [-0.3, -0.25) is 4.90 Å². The summed E-state index contributed by atoms with van der Waals surface area (Å²) < 4.78 is 55.5. The van der Waals surface area contributed by atoms with E-state index in [1.54, 1.807) is 6.07 Å². The van der Waals surface area contributed by atoms with E-state index in [2.05, 4.69) is 10.1 Å². The number of nitriles is 1. The third-order valence-electron chi connectivity index (χ3n) is 3.66. The van der Waals surface area contributed by atoms with Crippen molar-refractivity contribution in [3.05, 3.63) is 29.8 Å². The van der Waals surface area contributed by atoms with E-state index in [0.29, 0.717) is 31.7 Å². The molecule has 0 bridgehead atoms. The molecule has 1 saturated heterocycles. The number of halogens is 4. The Morgan fingerprint density at radius 2 is 1.91 bits per heavy atom. The maximum absolute atomic E-state index is 13.2. The summed E-state index contributed by atoms with van der Waals surface area (Å²) in [5, 5.41) is 12.2. The van der Waals surface area contributed by atoms with E-state index in [0.717, 1.165) is 0 Å². The van der Waals surface area contributed by atoms with Gasteiger partial charge in [-0.05, 0) is 6.07 Å². The molecular weight excluding hydrogens is 314 g/mol. The quantitative estimate of drug-likeness (QED) is 0.815. The largest absolute Gasteiger partial charge is 0.461 e. The third-order valence-corrected chi connectivity index (χ3v) is 3.66. The summed E-state index contributed by atoms with van der Waals surface area (Å²) in [7, 11) is 0. The van der Waals surface area contributed by atoms with Gasteiger partial charge in [0.25, 0.3) is 0 Å². The molecule has 2 rings (SSSR count). The van der Waals surface area contributed by atoms with Crippen LogP contribution < -0.4 is 10.1 Å². The van der Waals surface area contributed by atoms with E-state index in [1.807, 2.05) is 11.0 Å². The maximum atomic E-state index is 13.2. The minimum Gasteiger partial charge on any atom is -0.428 e. The summed E-state index contributed by atoms with van der Waals surface area (Å²) in [5.74, 6) is -0.323. The highest BCUT2D eigenvalue weighted by molar-refractivity contribution is 5.37. The SMILES string of the molecule is N#CC[C@@H](c1ccccc1OC(F)(F)C(F)F)N1CCNCC1. The van der Waals surface area contributed by atoms with E-state index in [1.165, 1.54) is 18.2 Å². The minimum absolute atomic E-state index is 0.0562. The number of hydrogen-bond donors (Lipinski definition) is 1. The zero-order valence-corrected chi connectivity index (χ0v) is 12.3. The highest BCUT2D eigenvalue weighted by atomic mass is 19.3. The Hall–Kier alpha value is -1.85. The fraction of sp³-hybridized carbons (Fsp3) is 0.533. The van der Waals surface area contributed by atoms with Crippen molar-refractivity contribution < 1.29 is 22.3 Å². The number of ether oxygens (including phenoxy) is 1. The molecule has 0 saturated carbocycles. The standard InChI is InChI=1S/C15H17F4N3O/c16-14(17)15(18,19)23-13-4-2-1-3-11(13)12(5-6-20)22-9-7-21-8-10-22/h1-4,12,14,21H,5,7-10H2/t12-/m0/s1. The van der Waals surface area contributed by atoms with Crippen molar-refractivity contribution >= 4 is 0 Å². The Bertz CT molecular complexity index is 556. The number of piperazine rings is 1. The van der Waals surface area contributed by atoms with Crippen LogP contribution in [0.2, 0.25) is 0 Å². The van der Waals surface area contributed by atoms with Crippen LogP contribution in [0, 0.1) is 11.3 Å². The van der Waals surface area contributed by atoms with Gasteiger partial charge in [0, 0.05) is 31.7 Å². The molecule has 0 aromatic heterocycles. The first-order valence-electron chi connectivity index (χ1n) is 7.21. The number of para-hydroxylation sites is 1. The van der Waals surface area contributed by atoms with Gasteiger partial charge >= 0.3 is 12.5 Å². The molecule has 23 heavy (non-hydrogen) atoms. The first-order chi connectivity index (χ1) is 11.0. The molecular formula is C15H17F4N3O. The smallest absolute Gasteiger partial charge is 0.428 e. The molecule has 8 heteroatoms. The van der Waals surface area contributed by atoms with Gasteiger partial charge in [0.15, 0.2) is 0 Å². The summed E-state index contributed by atoms with van der Waals surface area (Å²) in [4.78, 5) is 1.96. The average molecular weight is 331 g/mol. The number of rotatable bonds is 6. The van der Waals surface area contributed by atoms with Crippen molar-refractivity contribution in [1.29, 1.82) is 5.26 Å². The number of benzene rings is 1. The van der Waals surface area contributed by atoms with Gasteiger partial charge in [0.05, 0.1) is 18.5 Å². The lowest BCUT2D eigenvalue weighted by molar-refractivity contribution is -0.253. The molecule has 0 radical (unpaired) electrons. The Balaban J connectivity index is 2.30. The monoisotopic (exact) mass is 331 g/mol. The average Bonchev–Trinajstić information content (AvgIpc) is 2.54. The van der Waals surface area contributed by atoms with E-state index in [-0.39, 0.29) is 12.2 Å². The van der Waals surface area contributed by atoms with Gasteiger partial charge in [0.2, 0.25) is 0 Å². The molecule has 4 nitrogen and oxygen atoms in total. The number of alkyl halides is 4. The van der Waals surface area contributed by atoms with E-state index in [9.17, 15) is 17.6 Å². The maximum Gasteiger partial charge on any atom is 0.461 e. The van der Waals surface area contributed by atoms with Gasteiger partial charge < -0.3 is 10.1 Å². The van der Waals surface area contributed by atoms with Gasteiger partial charge in [-0.1, -0.05) is 18.2 Å². The van der Waals surface area contributed by atoms with Crippen LogP contribution in [0.25, 0.3) is 0 Å². The summed E-state index contributed by atoms with van der Waals surface area (Å²) in [6.45, 7) is 2.67. The highest BCUT2D eigenvalue weighted by Crippen LogP contribution is 2.36. The zero-order chi connectivity index (χ0) is 16.9. The first-order valence-corrected chi connectivity index (χ1v) is 7.21. The topological polar surface area (TPSA) is 48.3 Å². The molecule has 1 aromatic carbocycles. The fourth-order valence-corrected chi connectivity index (χ4v) is 2.56. The number of nitrogens with one attached hydrogen (secondary N) is 1. The molecule has 0 unspecified atom stereocenters. The van der Waals surface area contributed by atoms with Crippen LogP contribution >= 0.6 is 0 Å². The Labute approximate surface area is 131 Å². The van der Waals surface area contributed by atoms with Crippen LogP contribution in [0.4, 0.5) is 17.6 Å². The zero-order valence-electron chi connectivity index (χ0n) is 12.3. The van der Waals surface area contributed by atoms with E-state index in [4.69, 9.17) is 5.26 Å². The van der Waals surface area contributed by atoms with Crippen molar-refractivity contribution in [2.24, 2.45) is 0 Å². The van der Waals surface area contributed by atoms with Crippen LogP contribution in [0.15, 0.2) is 24.3 Å². The molecule has 126 valence electrons. The van der Waals surface area contributed by atoms with Crippen LogP contribution in [0.3, 0.4) is 0 Å². The van der Waals surface area contributed by atoms with Crippen molar-refractivity contribution in [3.8, 4) is 11.8 Å². The van der Waals surface area contributed by atoms with Crippen LogP contribution in [-0.4, -0.2) is 43.6 Å². The number of nitrogens with zero attached hydrogens (tertiary/aromatic N) is 2. The number of hydrogen-bond acceptors (Lipinski definition) is 4. The van der Waals surface area contributed by atoms with Gasteiger partial charge in [0.1, 0.15) is 5.75 Å². The van der Waals surface area contributed by atoms with Gasteiger partial charge in [-0.2, -0.15) is 22.8 Å². The lowest BCUT2D eigenvalue weighted by Crippen LogP contribution is -2.45. The molecule has 1 aromatic rings. The Morgan fingerprint density at radius 1 is 1.26 bits per heavy atom. The molecule has 1 fully saturated rings. The van der Waals surface area contributed by atoms with Gasteiger partial charge in [-0.15, -0.1) is 0 Å². The van der Waals surface area contributed by atoms with Crippen molar-refractivity contribution in [2.75, 3.05) is 26.2 Å². The first kappa shape index (κ1) is 17.5. The Kier molecular flexibility index (Phi) is 5.80.